The van der Waals surface area contributed by atoms with E-state index < -0.39 is 0 Å². The molecule has 0 atom stereocenters. The number of imidazole rings is 1. The highest BCUT2D eigenvalue weighted by Gasteiger charge is 2.19. The Bertz CT molecular complexity index is 465. The highest BCUT2D eigenvalue weighted by Crippen LogP contribution is 2.22. The normalized spacial score (nSPS) is 12.2. The molecule has 74 valence electrons. The minimum absolute atomic E-state index is 0.104. The van der Waals surface area contributed by atoms with Crippen LogP contribution in [0.25, 0.3) is 11.2 Å². The molecule has 5 heteroatoms. The van der Waals surface area contributed by atoms with Crippen LogP contribution in [-0.2, 0) is 5.41 Å². The largest absolute Gasteiger partial charge is 0.382 e. The highest BCUT2D eigenvalue weighted by molar-refractivity contribution is 5.80. The van der Waals surface area contributed by atoms with Crippen LogP contribution in [-0.4, -0.2) is 19.9 Å². The van der Waals surface area contributed by atoms with E-state index in [0.29, 0.717) is 17.0 Å². The summed E-state index contributed by atoms with van der Waals surface area (Å²) in [7, 11) is 0. The SMILES string of the molecule is CC(C)(C)c1nc(N)c2nc[nH]c2n1. The van der Waals surface area contributed by atoms with Gasteiger partial charge in [0.25, 0.3) is 0 Å². The fourth-order valence-electron chi connectivity index (χ4n) is 1.19. The molecule has 2 heterocycles. The average Bonchev–Trinajstić information content (AvgIpc) is 2.50. The highest BCUT2D eigenvalue weighted by atomic mass is 15.1. The molecule has 0 saturated carbocycles. The summed E-state index contributed by atoms with van der Waals surface area (Å²) >= 11 is 0. The molecule has 5 nitrogen and oxygen atoms in total. The van der Waals surface area contributed by atoms with Crippen LogP contribution >= 0.6 is 0 Å². The summed E-state index contributed by atoms with van der Waals surface area (Å²) in [4.78, 5) is 15.6. The van der Waals surface area contributed by atoms with Crippen molar-refractivity contribution in [1.82, 2.24) is 19.9 Å². The molecular formula is C9H13N5. The van der Waals surface area contributed by atoms with Gasteiger partial charge >= 0.3 is 0 Å². The van der Waals surface area contributed by atoms with Gasteiger partial charge in [-0.25, -0.2) is 15.0 Å². The number of H-pyrrole nitrogens is 1. The van der Waals surface area contributed by atoms with Crippen LogP contribution in [0.3, 0.4) is 0 Å². The number of nitrogen functional groups attached to an aromatic ring is 1. The molecule has 3 N–H and O–H groups in total. The minimum atomic E-state index is -0.104. The number of aromatic nitrogens is 4. The molecule has 2 aromatic rings. The second-order valence-corrected chi connectivity index (χ2v) is 4.28. The van der Waals surface area contributed by atoms with Gasteiger partial charge in [-0.3, -0.25) is 0 Å². The van der Waals surface area contributed by atoms with Crippen LogP contribution < -0.4 is 5.73 Å². The molecule has 2 aromatic heterocycles. The van der Waals surface area contributed by atoms with Gasteiger partial charge in [-0.1, -0.05) is 20.8 Å². The first-order chi connectivity index (χ1) is 6.48. The van der Waals surface area contributed by atoms with E-state index in [1.807, 2.05) is 20.8 Å². The number of fused-ring (bicyclic) bond motifs is 1. The maximum atomic E-state index is 5.76. The van der Waals surface area contributed by atoms with Gasteiger partial charge in [0.2, 0.25) is 0 Å². The van der Waals surface area contributed by atoms with E-state index in [9.17, 15) is 0 Å². The smallest absolute Gasteiger partial charge is 0.163 e. The molecule has 0 unspecified atom stereocenters. The van der Waals surface area contributed by atoms with Crippen LogP contribution in [0.4, 0.5) is 5.82 Å². The van der Waals surface area contributed by atoms with Gasteiger partial charge in [-0.15, -0.1) is 0 Å². The number of hydrogen-bond acceptors (Lipinski definition) is 4. The van der Waals surface area contributed by atoms with Gasteiger partial charge in [0.1, 0.15) is 11.3 Å². The lowest BCUT2D eigenvalue weighted by Crippen LogP contribution is -2.17. The monoisotopic (exact) mass is 191 g/mol. The quantitative estimate of drug-likeness (QED) is 0.656. The molecule has 0 bridgehead atoms. The van der Waals surface area contributed by atoms with Crippen molar-refractivity contribution < 1.29 is 0 Å². The van der Waals surface area contributed by atoms with Crippen molar-refractivity contribution in [2.24, 2.45) is 0 Å². The average molecular weight is 191 g/mol. The van der Waals surface area contributed by atoms with Crippen LogP contribution in [0, 0.1) is 0 Å². The lowest BCUT2D eigenvalue weighted by molar-refractivity contribution is 0.549. The zero-order chi connectivity index (χ0) is 10.3. The third-order valence-electron chi connectivity index (χ3n) is 1.98. The molecule has 0 aliphatic heterocycles. The third kappa shape index (κ3) is 1.30. The Balaban J connectivity index is 2.70. The molecule has 0 saturated heterocycles. The fraction of sp³-hybridized carbons (Fsp3) is 0.444. The Morgan fingerprint density at radius 3 is 2.64 bits per heavy atom. The van der Waals surface area contributed by atoms with Gasteiger partial charge in [0, 0.05) is 5.41 Å². The topological polar surface area (TPSA) is 80.5 Å². The molecule has 0 aliphatic carbocycles. The summed E-state index contributed by atoms with van der Waals surface area (Å²) in [5.41, 5.74) is 6.99. The van der Waals surface area contributed by atoms with Crippen LogP contribution in [0.5, 0.6) is 0 Å². The maximum Gasteiger partial charge on any atom is 0.163 e. The van der Waals surface area contributed by atoms with Crippen molar-refractivity contribution in [3.63, 3.8) is 0 Å². The lowest BCUT2D eigenvalue weighted by atomic mass is 9.96. The minimum Gasteiger partial charge on any atom is -0.382 e. The first-order valence-electron chi connectivity index (χ1n) is 4.45. The van der Waals surface area contributed by atoms with Crippen molar-refractivity contribution in [2.75, 3.05) is 5.73 Å². The lowest BCUT2D eigenvalue weighted by Gasteiger charge is -2.16. The van der Waals surface area contributed by atoms with Gasteiger partial charge in [-0.05, 0) is 0 Å². The van der Waals surface area contributed by atoms with Crippen LogP contribution in [0.2, 0.25) is 0 Å². The van der Waals surface area contributed by atoms with E-state index in [1.54, 1.807) is 6.33 Å². The summed E-state index contributed by atoms with van der Waals surface area (Å²) in [6.45, 7) is 6.14. The molecule has 14 heavy (non-hydrogen) atoms. The second kappa shape index (κ2) is 2.67. The van der Waals surface area contributed by atoms with Crippen LogP contribution in [0.1, 0.15) is 26.6 Å². The van der Waals surface area contributed by atoms with Gasteiger partial charge < -0.3 is 10.7 Å². The Labute approximate surface area is 81.8 Å². The standard InChI is InChI=1S/C9H13N5/c1-9(2,3)8-13-6(10)5-7(14-8)12-4-11-5/h4H,1-3H3,(H3,10,11,12,13,14). The van der Waals surface area contributed by atoms with Crippen molar-refractivity contribution in [3.05, 3.63) is 12.2 Å². The summed E-state index contributed by atoms with van der Waals surface area (Å²) < 4.78 is 0. The molecular weight excluding hydrogens is 178 g/mol. The number of rotatable bonds is 0. The zero-order valence-electron chi connectivity index (χ0n) is 8.50. The second-order valence-electron chi connectivity index (χ2n) is 4.28. The number of anilines is 1. The van der Waals surface area contributed by atoms with Gasteiger partial charge in [-0.2, -0.15) is 0 Å². The summed E-state index contributed by atoms with van der Waals surface area (Å²) in [5.74, 6) is 1.16. The number of nitrogens with zero attached hydrogens (tertiary/aromatic N) is 3. The fourth-order valence-corrected chi connectivity index (χ4v) is 1.19. The van der Waals surface area contributed by atoms with E-state index in [-0.39, 0.29) is 5.41 Å². The molecule has 2 rings (SSSR count). The summed E-state index contributed by atoms with van der Waals surface area (Å²) in [6, 6.07) is 0. The number of nitrogens with two attached hydrogens (primary N) is 1. The van der Waals surface area contributed by atoms with Crippen molar-refractivity contribution in [1.29, 1.82) is 0 Å². The Morgan fingerprint density at radius 1 is 1.29 bits per heavy atom. The Hall–Kier alpha value is -1.65. The zero-order valence-corrected chi connectivity index (χ0v) is 8.50. The van der Waals surface area contributed by atoms with E-state index >= 15 is 0 Å². The summed E-state index contributed by atoms with van der Waals surface area (Å²) in [6.07, 6.45) is 1.57. The van der Waals surface area contributed by atoms with E-state index in [0.717, 1.165) is 5.82 Å². The molecule has 0 aliphatic rings. The van der Waals surface area contributed by atoms with Crippen molar-refractivity contribution >= 4 is 17.0 Å². The predicted octanol–water partition coefficient (Wildman–Crippen LogP) is 1.23. The Kier molecular flexibility index (Phi) is 1.70. The molecule has 0 aromatic carbocycles. The maximum absolute atomic E-state index is 5.76. The van der Waals surface area contributed by atoms with E-state index in [1.165, 1.54) is 0 Å². The van der Waals surface area contributed by atoms with Crippen molar-refractivity contribution in [2.45, 2.75) is 26.2 Å². The molecule has 0 amide bonds. The van der Waals surface area contributed by atoms with Gasteiger partial charge in [0.05, 0.1) is 6.33 Å². The number of aromatic amines is 1. The molecule has 0 radical (unpaired) electrons. The van der Waals surface area contributed by atoms with E-state index in [4.69, 9.17) is 5.73 Å². The molecule has 0 spiro atoms. The molecule has 0 fully saturated rings. The Morgan fingerprint density at radius 2 is 2.00 bits per heavy atom. The number of hydrogen-bond donors (Lipinski definition) is 2. The van der Waals surface area contributed by atoms with Crippen LogP contribution in [0.15, 0.2) is 6.33 Å². The van der Waals surface area contributed by atoms with Gasteiger partial charge in [0.15, 0.2) is 11.5 Å². The van der Waals surface area contributed by atoms with E-state index in [2.05, 4.69) is 19.9 Å². The third-order valence-corrected chi connectivity index (χ3v) is 1.98. The first kappa shape index (κ1) is 8.93. The predicted molar refractivity (Wildman–Crippen MR) is 54.8 cm³/mol. The van der Waals surface area contributed by atoms with Crippen molar-refractivity contribution in [3.8, 4) is 0 Å². The number of nitrogens with one attached hydrogen (secondary N) is 1. The summed E-state index contributed by atoms with van der Waals surface area (Å²) in [5, 5.41) is 0. The first-order valence-corrected chi connectivity index (χ1v) is 4.45.